The molecule has 0 bridgehead atoms. The predicted molar refractivity (Wildman–Crippen MR) is 83.9 cm³/mol. The van der Waals surface area contributed by atoms with Crippen molar-refractivity contribution in [3.63, 3.8) is 0 Å². The summed E-state index contributed by atoms with van der Waals surface area (Å²) in [5.41, 5.74) is -0.845. The van der Waals surface area contributed by atoms with E-state index >= 15 is 0 Å². The first-order valence-electron chi connectivity index (χ1n) is 8.65. The maximum atomic E-state index is 12.5. The second-order valence-electron chi connectivity index (χ2n) is 7.22. The second kappa shape index (κ2) is 4.95. The van der Waals surface area contributed by atoms with Crippen LogP contribution in [0.3, 0.4) is 0 Å². The van der Waals surface area contributed by atoms with Gasteiger partial charge in [-0.25, -0.2) is 9.59 Å². The van der Waals surface area contributed by atoms with Crippen LogP contribution in [0.4, 0.5) is 4.79 Å². The fourth-order valence-corrected chi connectivity index (χ4v) is 4.91. The zero-order valence-corrected chi connectivity index (χ0v) is 13.6. The van der Waals surface area contributed by atoms with Crippen molar-refractivity contribution in [2.24, 2.45) is 0 Å². The Balaban J connectivity index is 1.43. The van der Waals surface area contributed by atoms with Gasteiger partial charge in [-0.2, -0.15) is 0 Å². The molecule has 1 aromatic carbocycles. The van der Waals surface area contributed by atoms with Crippen LogP contribution >= 0.6 is 0 Å². The van der Waals surface area contributed by atoms with Gasteiger partial charge in [-0.15, -0.1) is 0 Å². The molecule has 7 heteroatoms. The SMILES string of the molecule is O=C(O[C@H]1[C@@H](O)CC[C@@]23O[C@@]12CCN1C(=O)OC[C@@H]13)c1ccccc1. The quantitative estimate of drug-likeness (QED) is 0.638. The molecule has 0 aromatic heterocycles. The lowest BCUT2D eigenvalue weighted by Crippen LogP contribution is -2.62. The highest BCUT2D eigenvalue weighted by Crippen LogP contribution is 2.65. The van der Waals surface area contributed by atoms with Gasteiger partial charge in [0.2, 0.25) is 0 Å². The summed E-state index contributed by atoms with van der Waals surface area (Å²) in [6, 6.07) is 8.56. The van der Waals surface area contributed by atoms with Gasteiger partial charge in [0.25, 0.3) is 0 Å². The molecule has 4 fully saturated rings. The lowest BCUT2D eigenvalue weighted by Gasteiger charge is -2.42. The van der Waals surface area contributed by atoms with Gasteiger partial charge >= 0.3 is 12.1 Å². The Morgan fingerprint density at radius 3 is 2.84 bits per heavy atom. The first-order valence-corrected chi connectivity index (χ1v) is 8.65. The van der Waals surface area contributed by atoms with E-state index in [0.717, 1.165) is 0 Å². The zero-order chi connectivity index (χ0) is 17.2. The van der Waals surface area contributed by atoms with Crippen LogP contribution in [0.2, 0.25) is 0 Å². The number of carbonyl (C=O) groups is 2. The Kier molecular flexibility index (Phi) is 3.00. The van der Waals surface area contributed by atoms with Gasteiger partial charge < -0.3 is 19.3 Å². The summed E-state index contributed by atoms with van der Waals surface area (Å²) in [5.74, 6) is -0.466. The number of esters is 1. The largest absolute Gasteiger partial charge is 0.453 e. The summed E-state index contributed by atoms with van der Waals surface area (Å²) in [5, 5.41) is 10.5. The third kappa shape index (κ3) is 1.88. The normalized spacial score (nSPS) is 41.2. The van der Waals surface area contributed by atoms with E-state index in [2.05, 4.69) is 0 Å². The molecule has 132 valence electrons. The summed E-state index contributed by atoms with van der Waals surface area (Å²) < 4.78 is 17.1. The monoisotopic (exact) mass is 345 g/mol. The number of epoxide rings is 1. The van der Waals surface area contributed by atoms with Gasteiger partial charge in [0.15, 0.2) is 6.10 Å². The number of amides is 1. The highest BCUT2D eigenvalue weighted by atomic mass is 16.7. The van der Waals surface area contributed by atoms with Crippen LogP contribution in [0.5, 0.6) is 0 Å². The molecule has 3 saturated heterocycles. The standard InChI is InChI=1S/C18H19NO6/c20-12-6-7-17-13-10-23-16(22)19(13)9-8-18(17,25-17)14(12)24-15(21)11-4-2-1-3-5-11/h1-5,12-14,20H,6-10H2/t12-,13+,14-,17-,18-/m0/s1. The van der Waals surface area contributed by atoms with Crippen molar-refractivity contribution in [2.45, 2.75) is 48.7 Å². The Bertz CT molecular complexity index is 738. The minimum absolute atomic E-state index is 0.167. The first kappa shape index (κ1) is 15.2. The lowest BCUT2D eigenvalue weighted by atomic mass is 9.68. The number of aliphatic hydroxyl groups excluding tert-OH is 1. The molecular weight excluding hydrogens is 326 g/mol. The van der Waals surface area contributed by atoms with E-state index < -0.39 is 29.4 Å². The number of fused-ring (bicyclic) bond motifs is 1. The van der Waals surface area contributed by atoms with E-state index in [-0.39, 0.29) is 18.7 Å². The number of benzene rings is 1. The minimum Gasteiger partial charge on any atom is -0.453 e. The average molecular weight is 345 g/mol. The summed E-state index contributed by atoms with van der Waals surface area (Å²) in [6.45, 7) is 0.771. The van der Waals surface area contributed by atoms with Gasteiger partial charge in [-0.1, -0.05) is 18.2 Å². The van der Waals surface area contributed by atoms with Crippen LogP contribution in [-0.4, -0.2) is 64.7 Å². The topological polar surface area (TPSA) is 88.6 Å². The number of carbonyl (C=O) groups excluding carboxylic acids is 2. The molecule has 25 heavy (non-hydrogen) atoms. The van der Waals surface area contributed by atoms with Crippen molar-refractivity contribution < 1.29 is 28.9 Å². The molecule has 5 atom stereocenters. The molecule has 7 nitrogen and oxygen atoms in total. The number of ether oxygens (including phenoxy) is 3. The van der Waals surface area contributed by atoms with Crippen LogP contribution in [0.15, 0.2) is 30.3 Å². The maximum absolute atomic E-state index is 12.5. The molecule has 1 amide bonds. The van der Waals surface area contributed by atoms with Crippen LogP contribution in [0.25, 0.3) is 0 Å². The number of cyclic esters (lactones) is 1. The summed E-state index contributed by atoms with van der Waals surface area (Å²) in [4.78, 5) is 26.1. The second-order valence-corrected chi connectivity index (χ2v) is 7.22. The lowest BCUT2D eigenvalue weighted by molar-refractivity contribution is -0.0718. The number of piperidine rings is 1. The van der Waals surface area contributed by atoms with Crippen molar-refractivity contribution >= 4 is 12.1 Å². The van der Waals surface area contributed by atoms with E-state index in [1.807, 2.05) is 6.07 Å². The Morgan fingerprint density at radius 2 is 2.04 bits per heavy atom. The van der Waals surface area contributed by atoms with Crippen LogP contribution < -0.4 is 0 Å². The summed E-state index contributed by atoms with van der Waals surface area (Å²) in [6.07, 6.45) is -0.187. The van der Waals surface area contributed by atoms with Crippen LogP contribution in [-0.2, 0) is 14.2 Å². The Hall–Kier alpha value is -2.12. The van der Waals surface area contributed by atoms with Crippen molar-refractivity contribution in [3.05, 3.63) is 35.9 Å². The number of hydrogen-bond donors (Lipinski definition) is 1. The maximum Gasteiger partial charge on any atom is 0.410 e. The van der Waals surface area contributed by atoms with Gasteiger partial charge in [-0.05, 0) is 25.0 Å². The number of rotatable bonds is 2. The van der Waals surface area contributed by atoms with E-state index in [4.69, 9.17) is 14.2 Å². The average Bonchev–Trinajstić information content (AvgIpc) is 3.20. The van der Waals surface area contributed by atoms with Crippen molar-refractivity contribution in [1.29, 1.82) is 0 Å². The van der Waals surface area contributed by atoms with Crippen LogP contribution in [0, 0.1) is 0 Å². The molecular formula is C18H19NO6. The predicted octanol–water partition coefficient (Wildman–Crippen LogP) is 1.10. The minimum atomic E-state index is -0.770. The van der Waals surface area contributed by atoms with E-state index in [1.165, 1.54) is 0 Å². The van der Waals surface area contributed by atoms with Crippen molar-refractivity contribution in [2.75, 3.05) is 13.2 Å². The highest BCUT2D eigenvalue weighted by molar-refractivity contribution is 5.89. The fraction of sp³-hybridized carbons (Fsp3) is 0.556. The zero-order valence-electron chi connectivity index (χ0n) is 13.6. The van der Waals surface area contributed by atoms with Crippen LogP contribution in [0.1, 0.15) is 29.6 Å². The molecule has 5 rings (SSSR count). The molecule has 0 unspecified atom stereocenters. The van der Waals surface area contributed by atoms with Crippen molar-refractivity contribution in [3.8, 4) is 0 Å². The van der Waals surface area contributed by atoms with E-state index in [9.17, 15) is 14.7 Å². The Morgan fingerprint density at radius 1 is 1.24 bits per heavy atom. The molecule has 0 spiro atoms. The van der Waals surface area contributed by atoms with Gasteiger partial charge in [0.05, 0.1) is 11.7 Å². The molecule has 1 aromatic rings. The molecule has 1 aliphatic carbocycles. The van der Waals surface area contributed by atoms with Gasteiger partial charge in [-0.3, -0.25) is 4.90 Å². The third-order valence-electron chi connectivity index (χ3n) is 6.14. The molecule has 3 heterocycles. The molecule has 1 N–H and O–H groups in total. The smallest absolute Gasteiger partial charge is 0.410 e. The third-order valence-corrected chi connectivity index (χ3v) is 6.14. The molecule has 3 aliphatic heterocycles. The van der Waals surface area contributed by atoms with E-state index in [1.54, 1.807) is 29.2 Å². The Labute approximate surface area is 144 Å². The van der Waals surface area contributed by atoms with E-state index in [0.29, 0.717) is 31.4 Å². The number of nitrogens with zero attached hydrogens (tertiary/aromatic N) is 1. The van der Waals surface area contributed by atoms with Gasteiger partial charge in [0.1, 0.15) is 23.9 Å². The molecule has 0 radical (unpaired) electrons. The van der Waals surface area contributed by atoms with Gasteiger partial charge in [0, 0.05) is 13.0 Å². The first-order chi connectivity index (χ1) is 12.1. The molecule has 1 saturated carbocycles. The highest BCUT2D eigenvalue weighted by Gasteiger charge is 2.83. The molecule has 4 aliphatic rings. The van der Waals surface area contributed by atoms with Crippen molar-refractivity contribution in [1.82, 2.24) is 4.90 Å². The summed E-state index contributed by atoms with van der Waals surface area (Å²) in [7, 11) is 0. The summed E-state index contributed by atoms with van der Waals surface area (Å²) >= 11 is 0. The number of hydrogen-bond acceptors (Lipinski definition) is 6. The number of aliphatic hydroxyl groups is 1. The fourth-order valence-electron chi connectivity index (χ4n) is 4.91.